The molecule has 2 unspecified atom stereocenters. The number of hydrogen-bond acceptors (Lipinski definition) is 2. The maximum atomic E-state index is 13.0. The minimum Gasteiger partial charge on any atom is -0.312 e. The van der Waals surface area contributed by atoms with Crippen molar-refractivity contribution < 1.29 is 13.2 Å². The first-order valence-electron chi connectivity index (χ1n) is 7.31. The highest BCUT2D eigenvalue weighted by atomic mass is 19.4. The molecule has 0 aliphatic heterocycles. The standard InChI is InChI=1S/C15H23F3N2O/c1-4-9-19-12(11(3)5-2)10-20-13(15(16,17)18)7-6-8-14(20)21/h6-8,11-12,19H,4-5,9-10H2,1-3H3. The molecule has 2 atom stereocenters. The van der Waals surface area contributed by atoms with Crippen molar-refractivity contribution in [1.82, 2.24) is 9.88 Å². The Morgan fingerprint density at radius 2 is 1.95 bits per heavy atom. The lowest BCUT2D eigenvalue weighted by Gasteiger charge is -2.26. The van der Waals surface area contributed by atoms with Crippen LogP contribution < -0.4 is 10.9 Å². The molecule has 1 aromatic heterocycles. The van der Waals surface area contributed by atoms with Crippen molar-refractivity contribution in [3.05, 3.63) is 34.2 Å². The van der Waals surface area contributed by atoms with Gasteiger partial charge in [-0.25, -0.2) is 0 Å². The Morgan fingerprint density at radius 3 is 2.48 bits per heavy atom. The van der Waals surface area contributed by atoms with Gasteiger partial charge in [0.2, 0.25) is 0 Å². The zero-order chi connectivity index (χ0) is 16.0. The molecule has 1 rings (SSSR count). The Bertz CT molecular complexity index is 496. The van der Waals surface area contributed by atoms with Crippen LogP contribution in [0.2, 0.25) is 0 Å². The van der Waals surface area contributed by atoms with Gasteiger partial charge in [-0.15, -0.1) is 0 Å². The van der Waals surface area contributed by atoms with E-state index in [2.05, 4.69) is 5.32 Å². The summed E-state index contributed by atoms with van der Waals surface area (Å²) in [4.78, 5) is 11.8. The fraction of sp³-hybridized carbons (Fsp3) is 0.667. The highest BCUT2D eigenvalue weighted by Gasteiger charge is 2.34. The van der Waals surface area contributed by atoms with E-state index in [1.807, 2.05) is 20.8 Å². The van der Waals surface area contributed by atoms with Crippen LogP contribution in [0.4, 0.5) is 13.2 Å². The van der Waals surface area contributed by atoms with Gasteiger partial charge in [-0.3, -0.25) is 4.79 Å². The van der Waals surface area contributed by atoms with Crippen molar-refractivity contribution in [2.45, 2.75) is 52.4 Å². The predicted molar refractivity (Wildman–Crippen MR) is 77.2 cm³/mol. The zero-order valence-electron chi connectivity index (χ0n) is 12.7. The van der Waals surface area contributed by atoms with Gasteiger partial charge in [0, 0.05) is 18.7 Å². The Labute approximate surface area is 123 Å². The van der Waals surface area contributed by atoms with Crippen molar-refractivity contribution in [3.8, 4) is 0 Å². The molecule has 3 nitrogen and oxygen atoms in total. The van der Waals surface area contributed by atoms with Crippen LogP contribution in [0, 0.1) is 5.92 Å². The van der Waals surface area contributed by atoms with Gasteiger partial charge in [0.25, 0.3) is 5.56 Å². The molecule has 6 heteroatoms. The summed E-state index contributed by atoms with van der Waals surface area (Å²) in [7, 11) is 0. The molecule has 1 heterocycles. The molecule has 0 radical (unpaired) electrons. The summed E-state index contributed by atoms with van der Waals surface area (Å²) in [5.74, 6) is 0.185. The molecule has 0 amide bonds. The van der Waals surface area contributed by atoms with E-state index >= 15 is 0 Å². The minimum absolute atomic E-state index is 0.0313. The van der Waals surface area contributed by atoms with E-state index in [0.717, 1.165) is 36.1 Å². The maximum Gasteiger partial charge on any atom is 0.431 e. The number of nitrogens with one attached hydrogen (secondary N) is 1. The van der Waals surface area contributed by atoms with Crippen molar-refractivity contribution in [2.24, 2.45) is 5.92 Å². The van der Waals surface area contributed by atoms with E-state index in [9.17, 15) is 18.0 Å². The number of pyridine rings is 1. The second-order valence-electron chi connectivity index (χ2n) is 5.30. The largest absolute Gasteiger partial charge is 0.431 e. The van der Waals surface area contributed by atoms with E-state index in [0.29, 0.717) is 0 Å². The lowest BCUT2D eigenvalue weighted by atomic mass is 9.98. The Balaban J connectivity index is 3.11. The second-order valence-corrected chi connectivity index (χ2v) is 5.30. The average molecular weight is 304 g/mol. The summed E-state index contributed by atoms with van der Waals surface area (Å²) in [5.41, 5.74) is -1.50. The normalized spacial score (nSPS) is 15.0. The molecule has 0 saturated carbocycles. The zero-order valence-corrected chi connectivity index (χ0v) is 12.7. The maximum absolute atomic E-state index is 13.0. The summed E-state index contributed by atoms with van der Waals surface area (Å²) in [5, 5.41) is 3.25. The highest BCUT2D eigenvalue weighted by molar-refractivity contribution is 5.10. The van der Waals surface area contributed by atoms with Gasteiger partial charge in [0.15, 0.2) is 0 Å². The third-order valence-electron chi connectivity index (χ3n) is 3.71. The first-order chi connectivity index (χ1) is 9.81. The van der Waals surface area contributed by atoms with Gasteiger partial charge < -0.3 is 9.88 Å². The third-order valence-corrected chi connectivity index (χ3v) is 3.71. The van der Waals surface area contributed by atoms with Crippen LogP contribution in [-0.2, 0) is 12.7 Å². The fourth-order valence-electron chi connectivity index (χ4n) is 2.21. The summed E-state index contributed by atoms with van der Waals surface area (Å²) in [6.07, 6.45) is -2.79. The van der Waals surface area contributed by atoms with Gasteiger partial charge in [-0.1, -0.05) is 33.3 Å². The topological polar surface area (TPSA) is 34.0 Å². The molecule has 120 valence electrons. The first-order valence-corrected chi connectivity index (χ1v) is 7.31. The first kappa shape index (κ1) is 17.8. The van der Waals surface area contributed by atoms with Gasteiger partial charge in [0.1, 0.15) is 5.69 Å². The second kappa shape index (κ2) is 7.64. The van der Waals surface area contributed by atoms with Crippen molar-refractivity contribution in [2.75, 3.05) is 6.54 Å². The van der Waals surface area contributed by atoms with E-state index in [1.54, 1.807) is 0 Å². The molecule has 0 fully saturated rings. The number of rotatable bonds is 7. The van der Waals surface area contributed by atoms with Gasteiger partial charge in [-0.2, -0.15) is 13.2 Å². The molecular formula is C15H23F3N2O. The average Bonchev–Trinajstić information content (AvgIpc) is 2.42. The Kier molecular flexibility index (Phi) is 6.45. The Morgan fingerprint density at radius 1 is 1.29 bits per heavy atom. The van der Waals surface area contributed by atoms with Crippen LogP contribution in [0.25, 0.3) is 0 Å². The van der Waals surface area contributed by atoms with Crippen LogP contribution in [-0.4, -0.2) is 17.2 Å². The van der Waals surface area contributed by atoms with E-state index in [1.165, 1.54) is 6.07 Å². The molecule has 21 heavy (non-hydrogen) atoms. The molecular weight excluding hydrogens is 281 g/mol. The summed E-state index contributed by atoms with van der Waals surface area (Å²) in [6, 6.07) is 3.12. The SMILES string of the molecule is CCCNC(Cn1c(C(F)(F)F)cccc1=O)C(C)CC. The quantitative estimate of drug-likeness (QED) is 0.839. The Hall–Kier alpha value is -1.30. The smallest absolute Gasteiger partial charge is 0.312 e. The molecule has 0 bridgehead atoms. The molecule has 0 spiro atoms. The number of hydrogen-bond donors (Lipinski definition) is 1. The van der Waals surface area contributed by atoms with Crippen LogP contribution >= 0.6 is 0 Å². The van der Waals surface area contributed by atoms with Crippen molar-refractivity contribution >= 4 is 0 Å². The number of nitrogens with zero attached hydrogens (tertiary/aromatic N) is 1. The number of halogens is 3. The lowest BCUT2D eigenvalue weighted by Crippen LogP contribution is -2.42. The molecule has 0 aliphatic carbocycles. The minimum atomic E-state index is -4.52. The van der Waals surface area contributed by atoms with E-state index in [4.69, 9.17) is 0 Å². The fourth-order valence-corrected chi connectivity index (χ4v) is 2.21. The summed E-state index contributed by atoms with van der Waals surface area (Å²) >= 11 is 0. The monoisotopic (exact) mass is 304 g/mol. The van der Waals surface area contributed by atoms with Crippen molar-refractivity contribution in [1.29, 1.82) is 0 Å². The summed E-state index contributed by atoms with van der Waals surface area (Å²) < 4.78 is 39.9. The van der Waals surface area contributed by atoms with E-state index < -0.39 is 17.4 Å². The van der Waals surface area contributed by atoms with Crippen LogP contribution in [0.5, 0.6) is 0 Å². The van der Waals surface area contributed by atoms with Crippen LogP contribution in [0.1, 0.15) is 39.3 Å². The van der Waals surface area contributed by atoms with Gasteiger partial charge >= 0.3 is 6.18 Å². The van der Waals surface area contributed by atoms with Gasteiger partial charge in [0.05, 0.1) is 0 Å². The molecule has 0 aliphatic rings. The lowest BCUT2D eigenvalue weighted by molar-refractivity contribution is -0.144. The molecule has 0 aromatic carbocycles. The molecule has 1 N–H and O–H groups in total. The van der Waals surface area contributed by atoms with Crippen LogP contribution in [0.3, 0.4) is 0 Å². The third kappa shape index (κ3) is 4.88. The number of alkyl halides is 3. The molecule has 1 aromatic rings. The van der Waals surface area contributed by atoms with Crippen molar-refractivity contribution in [3.63, 3.8) is 0 Å². The highest BCUT2D eigenvalue weighted by Crippen LogP contribution is 2.28. The predicted octanol–water partition coefficient (Wildman–Crippen LogP) is 3.28. The van der Waals surface area contributed by atoms with E-state index in [-0.39, 0.29) is 18.5 Å². The van der Waals surface area contributed by atoms with Crippen LogP contribution in [0.15, 0.2) is 23.0 Å². The summed E-state index contributed by atoms with van der Waals surface area (Å²) in [6.45, 7) is 6.72. The van der Waals surface area contributed by atoms with Gasteiger partial charge in [-0.05, 0) is 24.9 Å². The molecule has 0 saturated heterocycles. The number of aromatic nitrogens is 1.